The number of aliphatic imine (C=N–C) groups is 1. The summed E-state index contributed by atoms with van der Waals surface area (Å²) in [5.74, 6) is 0.460. The van der Waals surface area contributed by atoms with Crippen LogP contribution >= 0.6 is 24.0 Å². The highest BCUT2D eigenvalue weighted by molar-refractivity contribution is 14.0. The SMILES string of the molecule is CN=C(NCCNc1ncccc1C(F)(F)F)NC1CC2CCC1O2.I. The number of ether oxygens (including phenoxy) is 1. The monoisotopic (exact) mass is 485 g/mol. The van der Waals surface area contributed by atoms with Crippen LogP contribution < -0.4 is 16.0 Å². The molecular formula is C16H23F3IN5O. The highest BCUT2D eigenvalue weighted by Gasteiger charge is 2.41. The third-order valence-corrected chi connectivity index (χ3v) is 4.47. The summed E-state index contributed by atoms with van der Waals surface area (Å²) in [5.41, 5.74) is -0.767. The van der Waals surface area contributed by atoms with Gasteiger partial charge in [-0.05, 0) is 31.4 Å². The lowest BCUT2D eigenvalue weighted by Gasteiger charge is -2.22. The topological polar surface area (TPSA) is 70.6 Å². The second kappa shape index (κ2) is 9.07. The van der Waals surface area contributed by atoms with E-state index in [-0.39, 0.29) is 48.5 Å². The number of pyridine rings is 1. The Morgan fingerprint density at radius 2 is 2.15 bits per heavy atom. The normalized spacial score (nSPS) is 24.9. The van der Waals surface area contributed by atoms with E-state index in [4.69, 9.17) is 4.74 Å². The van der Waals surface area contributed by atoms with Gasteiger partial charge in [0.25, 0.3) is 0 Å². The number of aromatic nitrogens is 1. The van der Waals surface area contributed by atoms with E-state index >= 15 is 0 Å². The lowest BCUT2D eigenvalue weighted by molar-refractivity contribution is -0.137. The third-order valence-electron chi connectivity index (χ3n) is 4.47. The van der Waals surface area contributed by atoms with E-state index in [0.29, 0.717) is 18.6 Å². The maximum Gasteiger partial charge on any atom is 0.419 e. The number of anilines is 1. The van der Waals surface area contributed by atoms with E-state index in [2.05, 4.69) is 25.9 Å². The van der Waals surface area contributed by atoms with Crippen molar-refractivity contribution in [3.05, 3.63) is 23.9 Å². The fraction of sp³-hybridized carbons (Fsp3) is 0.625. The van der Waals surface area contributed by atoms with E-state index in [1.54, 1.807) is 7.05 Å². The molecule has 2 saturated heterocycles. The molecule has 0 radical (unpaired) electrons. The molecule has 0 aromatic carbocycles. The van der Waals surface area contributed by atoms with Gasteiger partial charge < -0.3 is 20.7 Å². The zero-order chi connectivity index (χ0) is 17.9. The van der Waals surface area contributed by atoms with Gasteiger partial charge in [0.05, 0.1) is 23.8 Å². The highest BCUT2D eigenvalue weighted by atomic mass is 127. The van der Waals surface area contributed by atoms with Crippen LogP contribution in [0, 0.1) is 0 Å². The zero-order valence-corrected chi connectivity index (χ0v) is 16.7. The number of hydrogen-bond donors (Lipinski definition) is 3. The quantitative estimate of drug-likeness (QED) is 0.259. The average molecular weight is 485 g/mol. The van der Waals surface area contributed by atoms with Crippen LogP contribution in [0.5, 0.6) is 0 Å². The Morgan fingerprint density at radius 1 is 1.35 bits per heavy atom. The first kappa shape index (κ1) is 21.0. The molecule has 1 aromatic rings. The van der Waals surface area contributed by atoms with E-state index in [0.717, 1.165) is 25.3 Å². The second-order valence-electron chi connectivity index (χ2n) is 6.18. The van der Waals surface area contributed by atoms with Gasteiger partial charge in [-0.1, -0.05) is 0 Å². The zero-order valence-electron chi connectivity index (χ0n) is 14.3. The van der Waals surface area contributed by atoms with E-state index in [1.165, 1.54) is 12.3 Å². The molecule has 2 fully saturated rings. The minimum atomic E-state index is -4.43. The van der Waals surface area contributed by atoms with Gasteiger partial charge in [-0.2, -0.15) is 13.2 Å². The molecule has 146 valence electrons. The lowest BCUT2D eigenvalue weighted by atomic mass is 9.96. The first-order valence-corrected chi connectivity index (χ1v) is 8.36. The van der Waals surface area contributed by atoms with Crippen molar-refractivity contribution in [3.63, 3.8) is 0 Å². The summed E-state index contributed by atoms with van der Waals surface area (Å²) in [5, 5.41) is 9.14. The molecule has 2 bridgehead atoms. The fourth-order valence-electron chi connectivity index (χ4n) is 3.30. The molecule has 6 nitrogen and oxygen atoms in total. The third kappa shape index (κ3) is 5.12. The van der Waals surface area contributed by atoms with Crippen molar-refractivity contribution in [1.29, 1.82) is 0 Å². The summed E-state index contributed by atoms with van der Waals surface area (Å²) in [7, 11) is 1.66. The lowest BCUT2D eigenvalue weighted by Crippen LogP contribution is -2.48. The molecule has 2 aliphatic rings. The Balaban J connectivity index is 0.00000243. The average Bonchev–Trinajstić information content (AvgIpc) is 3.20. The van der Waals surface area contributed by atoms with Gasteiger partial charge in [0.1, 0.15) is 5.82 Å². The van der Waals surface area contributed by atoms with Crippen LogP contribution in [0.3, 0.4) is 0 Å². The molecule has 3 N–H and O–H groups in total. The molecule has 3 atom stereocenters. The first-order valence-electron chi connectivity index (χ1n) is 8.36. The largest absolute Gasteiger partial charge is 0.419 e. The van der Waals surface area contributed by atoms with Crippen molar-refractivity contribution in [1.82, 2.24) is 15.6 Å². The molecule has 26 heavy (non-hydrogen) atoms. The van der Waals surface area contributed by atoms with Gasteiger partial charge >= 0.3 is 6.18 Å². The Kier molecular flexibility index (Phi) is 7.33. The van der Waals surface area contributed by atoms with Crippen LogP contribution in [0.2, 0.25) is 0 Å². The van der Waals surface area contributed by atoms with Crippen LogP contribution in [0.1, 0.15) is 24.8 Å². The van der Waals surface area contributed by atoms with Crippen molar-refractivity contribution in [2.24, 2.45) is 4.99 Å². The van der Waals surface area contributed by atoms with Crippen molar-refractivity contribution < 1.29 is 17.9 Å². The summed E-state index contributed by atoms with van der Waals surface area (Å²) in [6.07, 6.45) is 0.610. The number of nitrogens with zero attached hydrogens (tertiary/aromatic N) is 2. The minimum Gasteiger partial charge on any atom is -0.373 e. The van der Waals surface area contributed by atoms with Gasteiger partial charge in [0.2, 0.25) is 0 Å². The number of alkyl halides is 3. The number of nitrogens with one attached hydrogen (secondary N) is 3. The van der Waals surface area contributed by atoms with Crippen LogP contribution in [0.25, 0.3) is 0 Å². The van der Waals surface area contributed by atoms with Crippen LogP contribution in [0.4, 0.5) is 19.0 Å². The maximum atomic E-state index is 12.9. The van der Waals surface area contributed by atoms with Gasteiger partial charge in [0, 0.05) is 26.3 Å². The van der Waals surface area contributed by atoms with E-state index in [1.807, 2.05) is 0 Å². The number of halogens is 4. The summed E-state index contributed by atoms with van der Waals surface area (Å²) < 4.78 is 44.5. The molecule has 0 spiro atoms. The van der Waals surface area contributed by atoms with Crippen molar-refractivity contribution in [3.8, 4) is 0 Å². The van der Waals surface area contributed by atoms with E-state index < -0.39 is 11.7 Å². The standard InChI is InChI=1S/C16H22F3N5O.HI/c1-20-15(24-12-9-10-4-5-13(12)25-10)23-8-7-22-14-11(16(17,18)19)3-2-6-21-14;/h2-3,6,10,12-13H,4-5,7-9H2,1H3,(H,21,22)(H2,20,23,24);1H. The Hall–Kier alpha value is -1.30. The molecule has 3 heterocycles. The van der Waals surface area contributed by atoms with Gasteiger partial charge in [-0.3, -0.25) is 4.99 Å². The first-order chi connectivity index (χ1) is 12.0. The van der Waals surface area contributed by atoms with E-state index in [9.17, 15) is 13.2 Å². The molecule has 0 aliphatic carbocycles. The van der Waals surface area contributed by atoms with Crippen LogP contribution in [-0.4, -0.2) is 49.3 Å². The maximum absolute atomic E-state index is 12.9. The Bertz CT molecular complexity index is 628. The number of rotatable bonds is 5. The summed E-state index contributed by atoms with van der Waals surface area (Å²) >= 11 is 0. The molecule has 0 saturated carbocycles. The molecular weight excluding hydrogens is 462 g/mol. The van der Waals surface area contributed by atoms with Crippen LogP contribution in [-0.2, 0) is 10.9 Å². The number of guanidine groups is 1. The molecule has 2 aliphatic heterocycles. The highest BCUT2D eigenvalue weighted by Crippen LogP contribution is 2.34. The molecule has 1 aromatic heterocycles. The molecule has 3 unspecified atom stereocenters. The second-order valence-corrected chi connectivity index (χ2v) is 6.18. The summed E-state index contributed by atoms with van der Waals surface area (Å²) in [6, 6.07) is 2.53. The number of fused-ring (bicyclic) bond motifs is 2. The van der Waals surface area contributed by atoms with Crippen molar-refractivity contribution >= 4 is 35.8 Å². The van der Waals surface area contributed by atoms with Crippen molar-refractivity contribution in [2.75, 3.05) is 25.5 Å². The number of hydrogen-bond acceptors (Lipinski definition) is 4. The van der Waals surface area contributed by atoms with Gasteiger partial charge in [-0.15, -0.1) is 24.0 Å². The van der Waals surface area contributed by atoms with Gasteiger partial charge in [0.15, 0.2) is 5.96 Å². The molecule has 10 heteroatoms. The minimum absolute atomic E-state index is 0. The fourth-order valence-corrected chi connectivity index (χ4v) is 3.30. The Labute approximate surface area is 167 Å². The smallest absolute Gasteiger partial charge is 0.373 e. The predicted molar refractivity (Wildman–Crippen MR) is 104 cm³/mol. The predicted octanol–water partition coefficient (Wildman–Crippen LogP) is 2.62. The molecule has 0 amide bonds. The summed E-state index contributed by atoms with van der Waals surface area (Å²) in [4.78, 5) is 7.92. The van der Waals surface area contributed by atoms with Gasteiger partial charge in [-0.25, -0.2) is 4.98 Å². The Morgan fingerprint density at radius 3 is 2.77 bits per heavy atom. The van der Waals surface area contributed by atoms with Crippen molar-refractivity contribution in [2.45, 2.75) is 43.7 Å². The molecule has 3 rings (SSSR count). The summed E-state index contributed by atoms with van der Waals surface area (Å²) in [6.45, 7) is 0.698. The van der Waals surface area contributed by atoms with Crippen LogP contribution in [0.15, 0.2) is 23.3 Å².